The summed E-state index contributed by atoms with van der Waals surface area (Å²) in [4.78, 5) is 45.7. The largest absolute Gasteiger partial charge is 0.465 e. The third-order valence-electron chi connectivity index (χ3n) is 8.34. The van der Waals surface area contributed by atoms with Crippen LogP contribution in [0.15, 0.2) is 43.5 Å². The highest BCUT2D eigenvalue weighted by atomic mass is 79.9. The lowest BCUT2D eigenvalue weighted by Crippen LogP contribution is -2.58. The summed E-state index contributed by atoms with van der Waals surface area (Å²) in [7, 11) is 0. The normalized spacial score (nSPS) is 29.7. The van der Waals surface area contributed by atoms with E-state index in [9.17, 15) is 19.5 Å². The lowest BCUT2D eigenvalue weighted by molar-refractivity contribution is -0.154. The van der Waals surface area contributed by atoms with Gasteiger partial charge in [-0.2, -0.15) is 0 Å². The molecule has 1 aromatic carbocycles. The van der Waals surface area contributed by atoms with Crippen LogP contribution < -0.4 is 4.90 Å². The predicted octanol–water partition coefficient (Wildman–Crippen LogP) is 4.57. The second-order valence-corrected chi connectivity index (χ2v) is 13.5. The van der Waals surface area contributed by atoms with Crippen LogP contribution in [0.25, 0.3) is 0 Å². The molecule has 0 saturated carbocycles. The van der Waals surface area contributed by atoms with Crippen LogP contribution in [0, 0.1) is 25.7 Å². The van der Waals surface area contributed by atoms with Crippen molar-refractivity contribution < 1.29 is 24.2 Å². The topological polar surface area (TPSA) is 87.1 Å². The molecule has 7 nitrogen and oxygen atoms in total. The minimum absolute atomic E-state index is 0.0460. The number of hydrogen-bond donors (Lipinski definition) is 1. The maximum atomic E-state index is 14.7. The van der Waals surface area contributed by atoms with Gasteiger partial charge in [-0.15, -0.1) is 24.9 Å². The smallest absolute Gasteiger partial charge is 0.310 e. The van der Waals surface area contributed by atoms with Crippen molar-refractivity contribution in [1.82, 2.24) is 4.90 Å². The summed E-state index contributed by atoms with van der Waals surface area (Å²) in [5, 5.41) is 10.1. The Kier molecular flexibility index (Phi) is 9.33. The van der Waals surface area contributed by atoms with E-state index >= 15 is 0 Å². The number of fused-ring (bicyclic) bond motifs is 1. The molecule has 2 bridgehead atoms. The molecule has 1 spiro atoms. The third kappa shape index (κ3) is 5.10. The number of aliphatic hydroxyl groups excluding tert-OH is 1. The van der Waals surface area contributed by atoms with Crippen LogP contribution in [0.2, 0.25) is 0 Å². The van der Waals surface area contributed by atoms with Gasteiger partial charge in [0.25, 0.3) is 5.91 Å². The first-order chi connectivity index (χ1) is 18.7. The molecular weight excluding hydrogens is 580 g/mol. The molecule has 0 radical (unpaired) electrons. The first-order valence-electron chi connectivity index (χ1n) is 13.7. The number of halogens is 1. The van der Waals surface area contributed by atoms with Gasteiger partial charge >= 0.3 is 5.97 Å². The zero-order valence-electron chi connectivity index (χ0n) is 23.0. The predicted molar refractivity (Wildman–Crippen MR) is 159 cm³/mol. The van der Waals surface area contributed by atoms with Crippen LogP contribution in [0.4, 0.5) is 5.69 Å². The summed E-state index contributed by atoms with van der Waals surface area (Å²) < 4.78 is 4.85. The van der Waals surface area contributed by atoms with Crippen LogP contribution in [0.3, 0.4) is 0 Å². The first kappa shape index (κ1) is 29.9. The number of likely N-dealkylation sites (tertiary alicyclic amines) is 1. The molecule has 7 atom stereocenters. The zero-order chi connectivity index (χ0) is 28.5. The number of nitrogens with zero attached hydrogens (tertiary/aromatic N) is 2. The van der Waals surface area contributed by atoms with Gasteiger partial charge in [-0.3, -0.25) is 14.4 Å². The molecule has 2 amide bonds. The van der Waals surface area contributed by atoms with E-state index in [2.05, 4.69) is 29.1 Å². The minimum Gasteiger partial charge on any atom is -0.465 e. The molecule has 212 valence electrons. The quantitative estimate of drug-likeness (QED) is 0.160. The molecular formula is C30H39BrN2O5S. The number of rotatable bonds is 12. The summed E-state index contributed by atoms with van der Waals surface area (Å²) >= 11 is 5.36. The molecule has 3 saturated heterocycles. The number of thioether (sulfide) groups is 1. The van der Waals surface area contributed by atoms with E-state index in [1.807, 2.05) is 39.0 Å². The average Bonchev–Trinajstić information content (AvgIpc) is 3.51. The van der Waals surface area contributed by atoms with Gasteiger partial charge in [0.2, 0.25) is 5.91 Å². The Morgan fingerprint density at radius 3 is 2.72 bits per heavy atom. The molecule has 1 N–H and O–H groups in total. The number of ether oxygens (including phenoxy) is 1. The number of allylic oxidation sites excluding steroid dienone is 1. The Morgan fingerprint density at radius 1 is 1.33 bits per heavy atom. The van der Waals surface area contributed by atoms with Crippen LogP contribution >= 0.6 is 27.7 Å². The number of hydrogen-bond acceptors (Lipinski definition) is 6. The van der Waals surface area contributed by atoms with Crippen molar-refractivity contribution in [1.29, 1.82) is 0 Å². The summed E-state index contributed by atoms with van der Waals surface area (Å²) in [6.07, 6.45) is 5.94. The number of unbranched alkanes of at least 4 members (excludes halogenated alkanes) is 1. The second-order valence-electron chi connectivity index (χ2n) is 10.8. The molecule has 3 aliphatic rings. The number of carbonyl (C=O) groups excluding carboxylic acids is 3. The van der Waals surface area contributed by atoms with Crippen molar-refractivity contribution in [3.63, 3.8) is 0 Å². The Hall–Kier alpha value is -2.10. The van der Waals surface area contributed by atoms with E-state index < -0.39 is 28.7 Å². The number of alkyl halides is 1. The molecule has 3 unspecified atom stereocenters. The number of aliphatic hydroxyl groups is 1. The maximum Gasteiger partial charge on any atom is 0.310 e. The lowest BCUT2D eigenvalue weighted by Gasteiger charge is -2.40. The van der Waals surface area contributed by atoms with E-state index in [0.29, 0.717) is 19.3 Å². The summed E-state index contributed by atoms with van der Waals surface area (Å²) in [5.41, 5.74) is 2.73. The Labute approximate surface area is 244 Å². The fourth-order valence-electron chi connectivity index (χ4n) is 6.51. The van der Waals surface area contributed by atoms with Gasteiger partial charge in [-0.25, -0.2) is 0 Å². The van der Waals surface area contributed by atoms with Crippen molar-refractivity contribution in [2.75, 3.05) is 24.7 Å². The van der Waals surface area contributed by atoms with E-state index in [0.717, 1.165) is 23.2 Å². The molecule has 39 heavy (non-hydrogen) atoms. The molecule has 3 fully saturated rings. The number of carbonyl (C=O) groups is 3. The Balaban J connectivity index is 1.79. The monoisotopic (exact) mass is 618 g/mol. The highest BCUT2D eigenvalue weighted by molar-refractivity contribution is 9.09. The Bertz CT molecular complexity index is 1140. The van der Waals surface area contributed by atoms with Gasteiger partial charge in [0.15, 0.2) is 0 Å². The molecule has 0 aromatic heterocycles. The SMILES string of the molecule is C=CCCCOC(=O)[C@H]1[C@H]2C(=O)N([C@@H](CC)CO)C(C(=O)N(CC=C)c3cc(C)ccc3C)C23CC(Br)[C@@H]1S3. The van der Waals surface area contributed by atoms with Gasteiger partial charge in [-0.05, 0) is 56.7 Å². The van der Waals surface area contributed by atoms with Crippen molar-refractivity contribution in [3.05, 3.63) is 54.6 Å². The number of benzene rings is 1. The number of esters is 1. The van der Waals surface area contributed by atoms with Gasteiger partial charge in [0, 0.05) is 22.3 Å². The maximum absolute atomic E-state index is 14.7. The average molecular weight is 620 g/mol. The lowest BCUT2D eigenvalue weighted by atomic mass is 9.71. The molecule has 4 rings (SSSR count). The van der Waals surface area contributed by atoms with E-state index in [1.54, 1.807) is 33.7 Å². The summed E-state index contributed by atoms with van der Waals surface area (Å²) in [6, 6.07) is 4.60. The van der Waals surface area contributed by atoms with Crippen molar-refractivity contribution >= 4 is 51.2 Å². The third-order valence-corrected chi connectivity index (χ3v) is 11.6. The summed E-state index contributed by atoms with van der Waals surface area (Å²) in [5.74, 6) is -2.18. The number of amides is 2. The number of anilines is 1. The van der Waals surface area contributed by atoms with E-state index in [-0.39, 0.29) is 47.6 Å². The first-order valence-corrected chi connectivity index (χ1v) is 15.5. The van der Waals surface area contributed by atoms with Crippen LogP contribution in [0.5, 0.6) is 0 Å². The highest BCUT2D eigenvalue weighted by Crippen LogP contribution is 2.68. The van der Waals surface area contributed by atoms with Crippen molar-refractivity contribution in [2.45, 2.75) is 73.4 Å². The van der Waals surface area contributed by atoms with Crippen molar-refractivity contribution in [3.8, 4) is 0 Å². The van der Waals surface area contributed by atoms with Gasteiger partial charge in [0.1, 0.15) is 6.04 Å². The zero-order valence-corrected chi connectivity index (χ0v) is 25.4. The van der Waals surface area contributed by atoms with E-state index in [4.69, 9.17) is 4.74 Å². The summed E-state index contributed by atoms with van der Waals surface area (Å²) in [6.45, 7) is 13.7. The van der Waals surface area contributed by atoms with E-state index in [1.165, 1.54) is 0 Å². The van der Waals surface area contributed by atoms with Gasteiger partial charge in [-0.1, -0.05) is 47.1 Å². The molecule has 3 aliphatic heterocycles. The van der Waals surface area contributed by atoms with Crippen LogP contribution in [0.1, 0.15) is 43.7 Å². The fraction of sp³-hybridized carbons (Fsp3) is 0.567. The fourth-order valence-corrected chi connectivity index (χ4v) is 10.1. The number of aryl methyl sites for hydroxylation is 2. The minimum atomic E-state index is -0.833. The van der Waals surface area contributed by atoms with Gasteiger partial charge < -0.3 is 19.6 Å². The molecule has 1 aromatic rings. The van der Waals surface area contributed by atoms with Crippen molar-refractivity contribution in [2.24, 2.45) is 11.8 Å². The molecule has 9 heteroatoms. The molecule has 3 heterocycles. The van der Waals surface area contributed by atoms with Gasteiger partial charge in [0.05, 0.1) is 35.8 Å². The second kappa shape index (κ2) is 12.2. The van der Waals surface area contributed by atoms with Crippen LogP contribution in [-0.4, -0.2) is 74.5 Å². The molecule has 0 aliphatic carbocycles. The highest BCUT2D eigenvalue weighted by Gasteiger charge is 2.76. The van der Waals surface area contributed by atoms with Crippen LogP contribution in [-0.2, 0) is 19.1 Å². The standard InChI is InChI=1S/C30H39BrN2O5S/c1-6-9-10-14-38-29(37)23-24-27(35)33(20(8-3)17-34)26(30(24)16-21(31)25(23)39-30)28(36)32(13-7-2)22-15-18(4)11-12-19(22)5/h6-7,11-12,15,20-21,23-26,34H,1-2,8-10,13-14,16-17H2,3-5H3/t20-,21?,23-,24-,25-,26?,30?/m0/s1. The Morgan fingerprint density at radius 2 is 2.08 bits per heavy atom.